The van der Waals surface area contributed by atoms with E-state index in [1.54, 1.807) is 19.2 Å². The van der Waals surface area contributed by atoms with Gasteiger partial charge in [-0.2, -0.15) is 0 Å². The number of methoxy groups -OCH3 is 1. The Balaban J connectivity index is 2.13. The largest absolute Gasteiger partial charge is 0.497 e. The Kier molecular flexibility index (Phi) is 6.61. The van der Waals surface area contributed by atoms with Gasteiger partial charge in [-0.1, -0.05) is 31.9 Å². The zero-order valence-electron chi connectivity index (χ0n) is 14.3. The van der Waals surface area contributed by atoms with Crippen molar-refractivity contribution < 1.29 is 9.66 Å². The smallest absolute Gasteiger partial charge is 0.269 e. The molecule has 5 nitrogen and oxygen atoms in total. The molecule has 5 heteroatoms. The average Bonchev–Trinajstić information content (AvgIpc) is 2.61. The van der Waals surface area contributed by atoms with Crippen molar-refractivity contribution in [2.75, 3.05) is 18.6 Å². The second kappa shape index (κ2) is 8.91. The van der Waals surface area contributed by atoms with Gasteiger partial charge < -0.3 is 9.64 Å². The number of nitro benzene ring substituents is 1. The van der Waals surface area contributed by atoms with Crippen LogP contribution < -0.4 is 9.64 Å². The molecule has 2 aromatic rings. The summed E-state index contributed by atoms with van der Waals surface area (Å²) in [5.74, 6) is 0.836. The molecular formula is C19H24N2O3. The number of unbranched alkanes of at least 4 members (excludes halogenated alkanes) is 2. The molecular weight excluding hydrogens is 304 g/mol. The van der Waals surface area contributed by atoms with Crippen LogP contribution in [-0.4, -0.2) is 18.6 Å². The Bertz CT molecular complexity index is 639. The molecule has 0 atom stereocenters. The molecule has 2 aromatic carbocycles. The van der Waals surface area contributed by atoms with E-state index in [0.717, 1.165) is 36.5 Å². The third-order valence-corrected chi connectivity index (χ3v) is 3.99. The topological polar surface area (TPSA) is 55.6 Å². The highest BCUT2D eigenvalue weighted by molar-refractivity contribution is 5.50. The summed E-state index contributed by atoms with van der Waals surface area (Å²) < 4.78 is 5.22. The summed E-state index contributed by atoms with van der Waals surface area (Å²) in [4.78, 5) is 12.7. The number of ether oxygens (including phenoxy) is 1. The molecule has 0 bridgehead atoms. The number of hydrogen-bond acceptors (Lipinski definition) is 4. The Morgan fingerprint density at radius 2 is 1.71 bits per heavy atom. The van der Waals surface area contributed by atoms with Crippen LogP contribution in [0.1, 0.15) is 31.7 Å². The Morgan fingerprint density at radius 3 is 2.25 bits per heavy atom. The van der Waals surface area contributed by atoms with Gasteiger partial charge in [0.25, 0.3) is 5.69 Å². The van der Waals surface area contributed by atoms with Crippen molar-refractivity contribution >= 4 is 11.4 Å². The monoisotopic (exact) mass is 328 g/mol. The fraction of sp³-hybridized carbons (Fsp3) is 0.368. The van der Waals surface area contributed by atoms with E-state index in [4.69, 9.17) is 4.74 Å². The maximum Gasteiger partial charge on any atom is 0.269 e. The summed E-state index contributed by atoms with van der Waals surface area (Å²) in [6, 6.07) is 14.8. The third-order valence-electron chi connectivity index (χ3n) is 3.99. The first-order valence-electron chi connectivity index (χ1n) is 8.26. The summed E-state index contributed by atoms with van der Waals surface area (Å²) in [6.45, 7) is 3.87. The first-order valence-corrected chi connectivity index (χ1v) is 8.26. The first kappa shape index (κ1) is 17.8. The number of anilines is 1. The molecule has 0 heterocycles. The van der Waals surface area contributed by atoms with Crippen molar-refractivity contribution in [3.63, 3.8) is 0 Å². The van der Waals surface area contributed by atoms with Gasteiger partial charge in [0, 0.05) is 30.9 Å². The van der Waals surface area contributed by atoms with E-state index in [-0.39, 0.29) is 10.6 Å². The van der Waals surface area contributed by atoms with Crippen LogP contribution in [-0.2, 0) is 6.54 Å². The van der Waals surface area contributed by atoms with E-state index in [1.165, 1.54) is 12.8 Å². The molecule has 0 unspecified atom stereocenters. The summed E-state index contributed by atoms with van der Waals surface area (Å²) in [6.07, 6.45) is 3.48. The molecule has 0 saturated heterocycles. The van der Waals surface area contributed by atoms with Crippen molar-refractivity contribution in [1.29, 1.82) is 0 Å². The van der Waals surface area contributed by atoms with Gasteiger partial charge >= 0.3 is 0 Å². The Labute approximate surface area is 143 Å². The lowest BCUT2D eigenvalue weighted by atomic mass is 10.1. The fourth-order valence-electron chi connectivity index (χ4n) is 2.59. The minimum atomic E-state index is -0.369. The molecule has 0 aliphatic heterocycles. The third kappa shape index (κ3) is 4.98. The number of benzene rings is 2. The molecule has 0 aliphatic carbocycles. The van der Waals surface area contributed by atoms with Gasteiger partial charge in [-0.25, -0.2) is 0 Å². The highest BCUT2D eigenvalue weighted by Crippen LogP contribution is 2.22. The van der Waals surface area contributed by atoms with Crippen LogP contribution in [0, 0.1) is 10.1 Å². The lowest BCUT2D eigenvalue weighted by Crippen LogP contribution is -2.23. The van der Waals surface area contributed by atoms with E-state index >= 15 is 0 Å². The predicted octanol–water partition coefficient (Wildman–Crippen LogP) is 4.80. The molecule has 2 rings (SSSR count). The number of hydrogen-bond donors (Lipinski definition) is 0. The summed E-state index contributed by atoms with van der Waals surface area (Å²) in [5.41, 5.74) is 2.32. The van der Waals surface area contributed by atoms with Crippen molar-refractivity contribution in [3.05, 3.63) is 64.2 Å². The van der Waals surface area contributed by atoms with Gasteiger partial charge in [-0.05, 0) is 36.2 Å². The number of non-ortho nitro benzene ring substituents is 1. The molecule has 0 aliphatic rings. The van der Waals surface area contributed by atoms with E-state index < -0.39 is 0 Å². The molecule has 0 N–H and O–H groups in total. The quantitative estimate of drug-likeness (QED) is 0.377. The predicted molar refractivity (Wildman–Crippen MR) is 96.7 cm³/mol. The standard InChI is InChI=1S/C19H24N2O3/c1-3-4-5-14-20(17-10-12-19(24-2)13-11-17)15-16-6-8-18(9-7-16)21(22)23/h6-13H,3-5,14-15H2,1-2H3. The molecule has 128 valence electrons. The van der Waals surface area contributed by atoms with Crippen molar-refractivity contribution in [2.24, 2.45) is 0 Å². The van der Waals surface area contributed by atoms with E-state index in [1.807, 2.05) is 24.3 Å². The van der Waals surface area contributed by atoms with Crippen molar-refractivity contribution in [3.8, 4) is 5.75 Å². The lowest BCUT2D eigenvalue weighted by molar-refractivity contribution is -0.384. The zero-order valence-corrected chi connectivity index (χ0v) is 14.3. The molecule has 0 fully saturated rings. The SMILES string of the molecule is CCCCCN(Cc1ccc([N+](=O)[O-])cc1)c1ccc(OC)cc1. The van der Waals surface area contributed by atoms with Crippen molar-refractivity contribution in [2.45, 2.75) is 32.7 Å². The minimum Gasteiger partial charge on any atom is -0.497 e. The maximum atomic E-state index is 10.8. The number of nitrogens with zero attached hydrogens (tertiary/aromatic N) is 2. The van der Waals surface area contributed by atoms with Gasteiger partial charge in [0.05, 0.1) is 12.0 Å². The number of nitro groups is 1. The van der Waals surface area contributed by atoms with Crippen LogP contribution in [0.25, 0.3) is 0 Å². The van der Waals surface area contributed by atoms with Crippen LogP contribution in [0.15, 0.2) is 48.5 Å². The molecule has 0 aromatic heterocycles. The van der Waals surface area contributed by atoms with E-state index in [0.29, 0.717) is 0 Å². The van der Waals surface area contributed by atoms with Gasteiger partial charge in [-0.3, -0.25) is 10.1 Å². The fourth-order valence-corrected chi connectivity index (χ4v) is 2.59. The highest BCUT2D eigenvalue weighted by Gasteiger charge is 2.10. The Hall–Kier alpha value is -2.56. The second-order valence-corrected chi connectivity index (χ2v) is 5.75. The van der Waals surface area contributed by atoms with Crippen LogP contribution in [0.2, 0.25) is 0 Å². The summed E-state index contributed by atoms with van der Waals surface area (Å²) >= 11 is 0. The molecule has 0 radical (unpaired) electrons. The summed E-state index contributed by atoms with van der Waals surface area (Å²) in [7, 11) is 1.66. The van der Waals surface area contributed by atoms with Gasteiger partial charge in [-0.15, -0.1) is 0 Å². The zero-order chi connectivity index (χ0) is 17.4. The number of rotatable bonds is 9. The molecule has 0 spiro atoms. The summed E-state index contributed by atoms with van der Waals surface area (Å²) in [5, 5.41) is 10.8. The molecule has 24 heavy (non-hydrogen) atoms. The average molecular weight is 328 g/mol. The molecule has 0 amide bonds. The lowest BCUT2D eigenvalue weighted by Gasteiger charge is -2.25. The van der Waals surface area contributed by atoms with Crippen LogP contribution in [0.3, 0.4) is 0 Å². The van der Waals surface area contributed by atoms with E-state index in [9.17, 15) is 10.1 Å². The van der Waals surface area contributed by atoms with Crippen LogP contribution >= 0.6 is 0 Å². The van der Waals surface area contributed by atoms with Crippen LogP contribution in [0.4, 0.5) is 11.4 Å². The normalized spacial score (nSPS) is 10.4. The minimum absolute atomic E-state index is 0.126. The molecule has 0 saturated carbocycles. The second-order valence-electron chi connectivity index (χ2n) is 5.75. The Morgan fingerprint density at radius 1 is 1.04 bits per heavy atom. The highest BCUT2D eigenvalue weighted by atomic mass is 16.6. The van der Waals surface area contributed by atoms with E-state index in [2.05, 4.69) is 24.0 Å². The first-order chi connectivity index (χ1) is 11.6. The maximum absolute atomic E-state index is 10.8. The van der Waals surface area contributed by atoms with Crippen LogP contribution in [0.5, 0.6) is 5.75 Å². The van der Waals surface area contributed by atoms with Gasteiger partial charge in [0.1, 0.15) is 5.75 Å². The van der Waals surface area contributed by atoms with Crippen molar-refractivity contribution in [1.82, 2.24) is 0 Å². The van der Waals surface area contributed by atoms with Gasteiger partial charge in [0.2, 0.25) is 0 Å². The van der Waals surface area contributed by atoms with Gasteiger partial charge in [0.15, 0.2) is 0 Å².